The fourth-order valence-electron chi connectivity index (χ4n) is 4.17. The van der Waals surface area contributed by atoms with Gasteiger partial charge in [-0.15, -0.1) is 0 Å². The van der Waals surface area contributed by atoms with E-state index in [4.69, 9.17) is 11.6 Å². The number of nitrogens with zero attached hydrogens (tertiary/aromatic N) is 3. The Balaban J connectivity index is 1.72. The van der Waals surface area contributed by atoms with Gasteiger partial charge in [0.25, 0.3) is 5.56 Å². The van der Waals surface area contributed by atoms with Crippen molar-refractivity contribution in [2.75, 3.05) is 5.32 Å². The number of anilines is 2. The van der Waals surface area contributed by atoms with Crippen LogP contribution in [0, 0.1) is 6.92 Å². The molecule has 0 bridgehead atoms. The molecule has 0 aliphatic heterocycles. The topological polar surface area (TPSA) is 94.0 Å². The minimum absolute atomic E-state index is 0.0817. The third-order valence-electron chi connectivity index (χ3n) is 6.30. The van der Waals surface area contributed by atoms with Crippen LogP contribution in [0.5, 0.6) is 0 Å². The molecule has 4 rings (SSSR count). The molecular weight excluding hydrogens is 448 g/mol. The van der Waals surface area contributed by atoms with E-state index in [0.29, 0.717) is 34.0 Å². The lowest BCUT2D eigenvalue weighted by atomic mass is 10.2. The highest BCUT2D eigenvalue weighted by atomic mass is 35.5. The molecule has 0 amide bonds. The Hall–Kier alpha value is -2.45. The lowest BCUT2D eigenvalue weighted by Gasteiger charge is -2.17. The van der Waals surface area contributed by atoms with E-state index >= 15 is 0 Å². The molecule has 7 nitrogen and oxygen atoms in total. The summed E-state index contributed by atoms with van der Waals surface area (Å²) in [4.78, 5) is 22.1. The second kappa shape index (κ2) is 8.83. The van der Waals surface area contributed by atoms with Crippen molar-refractivity contribution in [1.82, 2.24) is 14.5 Å². The van der Waals surface area contributed by atoms with Gasteiger partial charge in [0, 0.05) is 23.3 Å². The second-order valence-corrected chi connectivity index (χ2v) is 11.2. The van der Waals surface area contributed by atoms with Crippen molar-refractivity contribution < 1.29 is 8.42 Å². The Bertz CT molecular complexity index is 1330. The maximum Gasteiger partial charge on any atom is 0.271 e. The van der Waals surface area contributed by atoms with Gasteiger partial charge in [-0.25, -0.2) is 13.4 Å². The largest absolute Gasteiger partial charge is 0.324 e. The summed E-state index contributed by atoms with van der Waals surface area (Å²) in [6, 6.07) is 6.68. The maximum absolute atomic E-state index is 12.8. The molecule has 1 aliphatic carbocycles. The van der Waals surface area contributed by atoms with Gasteiger partial charge < -0.3 is 5.32 Å². The quantitative estimate of drug-likeness (QED) is 0.528. The number of rotatable bonds is 6. The molecule has 170 valence electrons. The van der Waals surface area contributed by atoms with Crippen molar-refractivity contribution in [3.63, 3.8) is 0 Å². The van der Waals surface area contributed by atoms with Gasteiger partial charge in [-0.1, -0.05) is 31.4 Å². The smallest absolute Gasteiger partial charge is 0.271 e. The summed E-state index contributed by atoms with van der Waals surface area (Å²) in [5.41, 5.74) is 1.79. The molecule has 0 saturated heterocycles. The Morgan fingerprint density at radius 1 is 1.25 bits per heavy atom. The van der Waals surface area contributed by atoms with Gasteiger partial charge in [0.15, 0.2) is 9.84 Å². The first kappa shape index (κ1) is 22.7. The zero-order valence-corrected chi connectivity index (χ0v) is 20.0. The lowest BCUT2D eigenvalue weighted by Crippen LogP contribution is -2.25. The molecule has 1 aromatic carbocycles. The van der Waals surface area contributed by atoms with Crippen molar-refractivity contribution in [2.45, 2.75) is 69.1 Å². The fourth-order valence-corrected chi connectivity index (χ4v) is 5.88. The number of hydrogen-bond acceptors (Lipinski definition) is 6. The molecule has 1 atom stereocenters. The Morgan fingerprint density at radius 3 is 2.62 bits per heavy atom. The highest BCUT2D eigenvalue weighted by Gasteiger charge is 2.24. The number of aryl methyl sites for hydroxylation is 1. The fraction of sp³-hybridized carbons (Fsp3) is 0.435. The Kier molecular flexibility index (Phi) is 6.27. The van der Waals surface area contributed by atoms with E-state index in [-0.39, 0.29) is 16.6 Å². The minimum Gasteiger partial charge on any atom is -0.324 e. The molecule has 1 saturated carbocycles. The molecule has 2 heterocycles. The number of fused-ring (bicyclic) bond motifs is 1. The summed E-state index contributed by atoms with van der Waals surface area (Å²) < 4.78 is 27.0. The number of benzene rings is 1. The molecule has 1 N–H and O–H groups in total. The number of sulfone groups is 1. The van der Waals surface area contributed by atoms with Gasteiger partial charge in [-0.3, -0.25) is 9.36 Å². The van der Waals surface area contributed by atoms with Crippen LogP contribution in [0.25, 0.3) is 11.0 Å². The third kappa shape index (κ3) is 4.13. The molecule has 2 aromatic heterocycles. The summed E-state index contributed by atoms with van der Waals surface area (Å²) >= 11 is 6.19. The summed E-state index contributed by atoms with van der Waals surface area (Å²) in [5, 5.41) is 3.61. The standard InChI is InChI=1S/C23H27ClN4O3S/c1-4-15(3)32(30,31)18-9-10-20(14(2)11-18)26-23-25-13-16-12-19(24)22(29)28(21(16)27-23)17-7-5-6-8-17/h9-13,15,17H,4-8H2,1-3H3,(H,25,26,27). The average Bonchev–Trinajstić information content (AvgIpc) is 3.30. The first-order valence-electron chi connectivity index (χ1n) is 10.9. The first-order valence-corrected chi connectivity index (χ1v) is 12.8. The SMILES string of the molecule is CCC(C)S(=O)(=O)c1ccc(Nc2ncc3cc(Cl)c(=O)n(C4CCCC4)c3n2)c(C)c1. The number of aromatic nitrogens is 3. The Labute approximate surface area is 192 Å². The van der Waals surface area contributed by atoms with E-state index in [1.807, 2.05) is 13.8 Å². The maximum atomic E-state index is 12.8. The average molecular weight is 475 g/mol. The van der Waals surface area contributed by atoms with Crippen molar-refractivity contribution in [1.29, 1.82) is 0 Å². The van der Waals surface area contributed by atoms with E-state index in [1.165, 1.54) is 0 Å². The van der Waals surface area contributed by atoms with E-state index in [9.17, 15) is 13.2 Å². The second-order valence-electron chi connectivity index (χ2n) is 8.44. The molecule has 0 spiro atoms. The van der Waals surface area contributed by atoms with Crippen molar-refractivity contribution >= 4 is 44.1 Å². The van der Waals surface area contributed by atoms with Crippen LogP contribution in [0.1, 0.15) is 57.6 Å². The Morgan fingerprint density at radius 2 is 1.97 bits per heavy atom. The monoisotopic (exact) mass is 474 g/mol. The first-order chi connectivity index (χ1) is 15.2. The van der Waals surface area contributed by atoms with Crippen LogP contribution in [0.3, 0.4) is 0 Å². The predicted molar refractivity (Wildman–Crippen MR) is 128 cm³/mol. The summed E-state index contributed by atoms with van der Waals surface area (Å²) in [6.07, 6.45) is 6.21. The van der Waals surface area contributed by atoms with Crippen LogP contribution in [0.2, 0.25) is 5.02 Å². The molecule has 1 fully saturated rings. The number of hydrogen-bond donors (Lipinski definition) is 1. The zero-order chi connectivity index (χ0) is 23.0. The van der Waals surface area contributed by atoms with Gasteiger partial charge in [-0.2, -0.15) is 4.98 Å². The van der Waals surface area contributed by atoms with Gasteiger partial charge >= 0.3 is 0 Å². The predicted octanol–water partition coefficient (Wildman–Crippen LogP) is 5.18. The summed E-state index contributed by atoms with van der Waals surface area (Å²) in [7, 11) is -3.36. The van der Waals surface area contributed by atoms with E-state index in [2.05, 4.69) is 15.3 Å². The number of nitrogens with one attached hydrogen (secondary N) is 1. The molecule has 3 aromatic rings. The molecular formula is C23H27ClN4O3S. The normalized spacial score (nSPS) is 15.9. The number of halogens is 1. The number of pyridine rings is 1. The van der Waals surface area contributed by atoms with Crippen molar-refractivity contribution in [2.24, 2.45) is 0 Å². The third-order valence-corrected chi connectivity index (χ3v) is 8.87. The van der Waals surface area contributed by atoms with Crippen LogP contribution >= 0.6 is 11.6 Å². The molecule has 1 aliphatic rings. The van der Waals surface area contributed by atoms with Crippen molar-refractivity contribution in [3.05, 3.63) is 51.4 Å². The summed E-state index contributed by atoms with van der Waals surface area (Å²) in [5.74, 6) is 0.339. The van der Waals surface area contributed by atoms with E-state index in [0.717, 1.165) is 31.2 Å². The van der Waals surface area contributed by atoms with E-state index in [1.54, 1.807) is 42.0 Å². The van der Waals surface area contributed by atoms with Crippen LogP contribution < -0.4 is 10.9 Å². The van der Waals surface area contributed by atoms with Crippen LogP contribution in [-0.4, -0.2) is 28.2 Å². The summed E-state index contributed by atoms with van der Waals surface area (Å²) in [6.45, 7) is 5.42. The molecule has 1 unspecified atom stereocenters. The van der Waals surface area contributed by atoms with E-state index < -0.39 is 15.1 Å². The van der Waals surface area contributed by atoms with Crippen LogP contribution in [0.4, 0.5) is 11.6 Å². The molecule has 0 radical (unpaired) electrons. The van der Waals surface area contributed by atoms with Crippen LogP contribution in [0.15, 0.2) is 40.2 Å². The minimum atomic E-state index is -3.36. The lowest BCUT2D eigenvalue weighted by molar-refractivity contribution is 0.516. The van der Waals surface area contributed by atoms with Gasteiger partial charge in [0.05, 0.1) is 10.1 Å². The van der Waals surface area contributed by atoms with Crippen molar-refractivity contribution in [3.8, 4) is 0 Å². The van der Waals surface area contributed by atoms with Gasteiger partial charge in [-0.05, 0) is 62.9 Å². The zero-order valence-electron chi connectivity index (χ0n) is 18.4. The van der Waals surface area contributed by atoms with Gasteiger partial charge in [0.2, 0.25) is 5.95 Å². The molecule has 32 heavy (non-hydrogen) atoms. The van der Waals surface area contributed by atoms with Crippen LogP contribution in [-0.2, 0) is 9.84 Å². The highest BCUT2D eigenvalue weighted by Crippen LogP contribution is 2.31. The molecule has 9 heteroatoms. The van der Waals surface area contributed by atoms with Gasteiger partial charge in [0.1, 0.15) is 10.7 Å². The highest BCUT2D eigenvalue weighted by molar-refractivity contribution is 7.92.